The molecule has 0 atom stereocenters. The Kier molecular flexibility index (Phi) is 9.86. The summed E-state index contributed by atoms with van der Waals surface area (Å²) in [7, 11) is 0. The van der Waals surface area contributed by atoms with E-state index in [1.807, 2.05) is 13.0 Å². The number of thioether (sulfide) groups is 1. The van der Waals surface area contributed by atoms with E-state index in [9.17, 15) is 14.7 Å². The number of ether oxygens (including phenoxy) is 2. The Morgan fingerprint density at radius 1 is 1.17 bits per heavy atom. The number of carbonyl (C=O) groups excluding carboxylic acids is 2. The van der Waals surface area contributed by atoms with Gasteiger partial charge in [0.05, 0.1) is 11.5 Å². The monoisotopic (exact) mass is 597 g/mol. The molecule has 10 heteroatoms. The Balaban J connectivity index is 1.97. The lowest BCUT2D eigenvalue weighted by atomic mass is 10.1. The van der Waals surface area contributed by atoms with Crippen molar-refractivity contribution in [3.63, 3.8) is 0 Å². The van der Waals surface area contributed by atoms with E-state index in [2.05, 4.69) is 20.9 Å². The fraction of sp³-hybridized carbons (Fsp3) is 0.240. The van der Waals surface area contributed by atoms with Gasteiger partial charge < -0.3 is 14.6 Å². The highest BCUT2D eigenvalue weighted by Gasteiger charge is 2.34. The Morgan fingerprint density at radius 3 is 2.63 bits per heavy atom. The first-order valence-corrected chi connectivity index (χ1v) is 13.1. The molecule has 6 nitrogen and oxygen atoms in total. The fourth-order valence-electron chi connectivity index (χ4n) is 3.07. The van der Waals surface area contributed by atoms with Gasteiger partial charge in [0.1, 0.15) is 28.7 Å². The Labute approximate surface area is 226 Å². The van der Waals surface area contributed by atoms with Crippen molar-refractivity contribution in [3.05, 3.63) is 78.3 Å². The number of rotatable bonds is 8. The largest absolute Gasteiger partial charge is 0.506 e. The van der Waals surface area contributed by atoms with Crippen molar-refractivity contribution in [2.24, 2.45) is 4.99 Å². The molecule has 184 valence electrons. The van der Waals surface area contributed by atoms with Gasteiger partial charge in [-0.05, 0) is 49.8 Å². The first-order valence-electron chi connectivity index (χ1n) is 10.7. The molecule has 3 rings (SSSR count). The number of hydrogen-bond donors (Lipinski definition) is 1. The van der Waals surface area contributed by atoms with Crippen molar-refractivity contribution >= 4 is 73.9 Å². The highest BCUT2D eigenvalue weighted by molar-refractivity contribution is 9.10. The van der Waals surface area contributed by atoms with Gasteiger partial charge in [-0.1, -0.05) is 63.9 Å². The average molecular weight is 599 g/mol. The first-order chi connectivity index (χ1) is 16.7. The van der Waals surface area contributed by atoms with Gasteiger partial charge in [-0.3, -0.25) is 4.79 Å². The molecule has 2 aromatic rings. The van der Waals surface area contributed by atoms with E-state index >= 15 is 0 Å². The Morgan fingerprint density at radius 2 is 1.94 bits per heavy atom. The quantitative estimate of drug-likeness (QED) is 0.316. The topological polar surface area (TPSA) is 85.2 Å². The minimum absolute atomic E-state index is 0.107. The van der Waals surface area contributed by atoms with Crippen LogP contribution in [-0.4, -0.2) is 28.6 Å². The summed E-state index contributed by atoms with van der Waals surface area (Å²) in [4.78, 5) is 29.0. The van der Waals surface area contributed by atoms with Crippen LogP contribution in [0.4, 0.5) is 0 Å². The lowest BCUT2D eigenvalue weighted by molar-refractivity contribution is -0.138. The van der Waals surface area contributed by atoms with Crippen LogP contribution in [0.2, 0.25) is 10.0 Å². The molecule has 0 unspecified atom stereocenters. The van der Waals surface area contributed by atoms with Crippen molar-refractivity contribution in [2.45, 2.75) is 33.3 Å². The van der Waals surface area contributed by atoms with Crippen LogP contribution in [0.5, 0.6) is 5.75 Å². The van der Waals surface area contributed by atoms with Crippen molar-refractivity contribution < 1.29 is 24.2 Å². The van der Waals surface area contributed by atoms with Gasteiger partial charge in [-0.2, -0.15) is 0 Å². The second-order valence-electron chi connectivity index (χ2n) is 7.32. The van der Waals surface area contributed by atoms with Crippen LogP contribution in [0.1, 0.15) is 37.8 Å². The van der Waals surface area contributed by atoms with Crippen molar-refractivity contribution in [3.8, 4) is 5.75 Å². The zero-order valence-electron chi connectivity index (χ0n) is 18.9. The number of benzene rings is 2. The van der Waals surface area contributed by atoms with E-state index < -0.39 is 5.97 Å². The number of amides is 1. The molecule has 0 fully saturated rings. The Hall–Kier alpha value is -2.26. The van der Waals surface area contributed by atoms with E-state index in [4.69, 9.17) is 32.7 Å². The number of nitrogens with zero attached hydrogens (tertiary/aromatic N) is 1. The average Bonchev–Trinajstić information content (AvgIpc) is 3.09. The van der Waals surface area contributed by atoms with E-state index in [0.29, 0.717) is 32.7 Å². The summed E-state index contributed by atoms with van der Waals surface area (Å²) in [6.07, 6.45) is 2.51. The van der Waals surface area contributed by atoms with Crippen LogP contribution in [0.3, 0.4) is 0 Å². The molecule has 1 aliphatic heterocycles. The van der Waals surface area contributed by atoms with Gasteiger partial charge in [0.2, 0.25) is 5.91 Å². The van der Waals surface area contributed by atoms with Crippen LogP contribution in [-0.2, 0) is 20.9 Å². The highest BCUT2D eigenvalue weighted by atomic mass is 79.9. The number of aliphatic imine (C=N–C) groups is 1. The fourth-order valence-corrected chi connectivity index (χ4v) is 4.94. The van der Waals surface area contributed by atoms with Gasteiger partial charge in [-0.25, -0.2) is 9.79 Å². The molecule has 0 aliphatic carbocycles. The molecule has 1 N–H and O–H groups in total. The lowest BCUT2D eigenvalue weighted by Gasteiger charge is -2.12. The van der Waals surface area contributed by atoms with E-state index in [-0.39, 0.29) is 41.9 Å². The zero-order chi connectivity index (χ0) is 25.5. The van der Waals surface area contributed by atoms with E-state index in [1.54, 1.807) is 43.3 Å². The SMILES string of the molecule is CCCC(=O)N=C1S/C(=C\c2cc(Br)ccc2OCc2ccc(Cl)cc2Cl)C(O)=C1C(=O)OCC. The molecule has 0 bridgehead atoms. The van der Waals surface area contributed by atoms with Gasteiger partial charge >= 0.3 is 5.97 Å². The van der Waals surface area contributed by atoms with Gasteiger partial charge in [0.15, 0.2) is 0 Å². The molecule has 0 spiro atoms. The molecule has 0 saturated carbocycles. The molecule has 0 saturated heterocycles. The number of halogens is 3. The number of carbonyl (C=O) groups is 2. The predicted molar refractivity (Wildman–Crippen MR) is 144 cm³/mol. The molecular weight excluding hydrogens is 577 g/mol. The third kappa shape index (κ3) is 7.13. The highest BCUT2D eigenvalue weighted by Crippen LogP contribution is 2.40. The van der Waals surface area contributed by atoms with Gasteiger partial charge in [0.25, 0.3) is 0 Å². The number of aliphatic hydroxyl groups excluding tert-OH is 1. The molecular formula is C25H22BrCl2NO5S. The van der Waals surface area contributed by atoms with Crippen LogP contribution in [0, 0.1) is 0 Å². The number of aliphatic hydroxyl groups is 1. The summed E-state index contributed by atoms with van der Waals surface area (Å²) < 4.78 is 11.9. The van der Waals surface area contributed by atoms with Crippen molar-refractivity contribution in [2.75, 3.05) is 6.61 Å². The molecule has 1 aliphatic rings. The smallest absolute Gasteiger partial charge is 0.344 e. The normalized spacial score (nSPS) is 15.7. The van der Waals surface area contributed by atoms with Crippen LogP contribution in [0.15, 0.2) is 62.1 Å². The Bertz CT molecular complexity index is 1240. The first kappa shape index (κ1) is 27.3. The molecule has 2 aromatic carbocycles. The second kappa shape index (κ2) is 12.6. The summed E-state index contributed by atoms with van der Waals surface area (Å²) in [5.74, 6) is -0.905. The van der Waals surface area contributed by atoms with E-state index in [0.717, 1.165) is 21.8 Å². The minimum atomic E-state index is -0.743. The molecule has 1 heterocycles. The second-order valence-corrected chi connectivity index (χ2v) is 10.1. The summed E-state index contributed by atoms with van der Waals surface area (Å²) in [6, 6.07) is 10.5. The molecule has 1 amide bonds. The minimum Gasteiger partial charge on any atom is -0.506 e. The maximum atomic E-state index is 12.5. The summed E-state index contributed by atoms with van der Waals surface area (Å²) in [5, 5.41) is 12.0. The zero-order valence-corrected chi connectivity index (χ0v) is 22.9. The van der Waals surface area contributed by atoms with Gasteiger partial charge in [0, 0.05) is 32.1 Å². The standard InChI is InChI=1S/C25H22BrCl2NO5S/c1-3-5-21(30)29-24-22(25(32)33-4-2)23(31)20(35-24)11-15-10-16(26)7-9-19(15)34-13-14-6-8-17(27)12-18(14)28/h6-12,31H,3-5,13H2,1-2H3/b20-11-,29-24?. The maximum absolute atomic E-state index is 12.5. The molecule has 0 aromatic heterocycles. The third-order valence-electron chi connectivity index (χ3n) is 4.72. The molecule has 0 radical (unpaired) electrons. The van der Waals surface area contributed by atoms with Crippen LogP contribution in [0.25, 0.3) is 6.08 Å². The summed E-state index contributed by atoms with van der Waals surface area (Å²) >= 11 is 16.7. The van der Waals surface area contributed by atoms with Gasteiger partial charge in [-0.15, -0.1) is 0 Å². The summed E-state index contributed by atoms with van der Waals surface area (Å²) in [5.41, 5.74) is 1.25. The van der Waals surface area contributed by atoms with E-state index in [1.165, 1.54) is 0 Å². The third-order valence-corrected chi connectivity index (χ3v) is 6.82. The number of hydrogen-bond acceptors (Lipinski definition) is 6. The van der Waals surface area contributed by atoms with Crippen molar-refractivity contribution in [1.82, 2.24) is 0 Å². The lowest BCUT2D eigenvalue weighted by Crippen LogP contribution is -2.14. The predicted octanol–water partition coefficient (Wildman–Crippen LogP) is 7.52. The number of esters is 1. The molecule has 35 heavy (non-hydrogen) atoms. The van der Waals surface area contributed by atoms with Crippen LogP contribution < -0.4 is 4.74 Å². The van der Waals surface area contributed by atoms with Crippen LogP contribution >= 0.6 is 50.9 Å². The van der Waals surface area contributed by atoms with Crippen molar-refractivity contribution in [1.29, 1.82) is 0 Å². The maximum Gasteiger partial charge on any atom is 0.344 e. The summed E-state index contributed by atoms with van der Waals surface area (Å²) in [6.45, 7) is 3.82.